The van der Waals surface area contributed by atoms with Crippen LogP contribution in [0.1, 0.15) is 64.2 Å². The molecule has 0 N–H and O–H groups in total. The van der Waals surface area contributed by atoms with Gasteiger partial charge in [-0.05, 0) is 44.4 Å². The van der Waals surface area contributed by atoms with Crippen LogP contribution in [0.15, 0.2) is 0 Å². The summed E-state index contributed by atoms with van der Waals surface area (Å²) in [7, 11) is 1.98. The third-order valence-corrected chi connectivity index (χ3v) is 6.03. The van der Waals surface area contributed by atoms with Crippen LogP contribution in [0.4, 0.5) is 0 Å². The summed E-state index contributed by atoms with van der Waals surface area (Å²) in [6, 6.07) is 0. The van der Waals surface area contributed by atoms with E-state index in [0.29, 0.717) is 17.6 Å². The Morgan fingerprint density at radius 2 is 1.62 bits per heavy atom. The zero-order valence-corrected chi connectivity index (χ0v) is 13.4. The van der Waals surface area contributed by atoms with Crippen molar-refractivity contribution in [2.45, 2.75) is 64.2 Å². The van der Waals surface area contributed by atoms with Crippen LogP contribution in [-0.4, -0.2) is 30.2 Å². The summed E-state index contributed by atoms with van der Waals surface area (Å²) in [4.78, 5) is 26.8. The molecule has 3 aliphatic carbocycles. The topological polar surface area (TPSA) is 37.4 Å². The van der Waals surface area contributed by atoms with Gasteiger partial charge in [0.05, 0.1) is 0 Å². The van der Waals surface area contributed by atoms with Crippen LogP contribution >= 0.6 is 0 Å². The van der Waals surface area contributed by atoms with Crippen molar-refractivity contribution in [1.82, 2.24) is 4.90 Å². The smallest absolute Gasteiger partial charge is 0.225 e. The molecule has 0 aromatic carbocycles. The lowest BCUT2D eigenvalue weighted by atomic mass is 9.67. The molecule has 0 aliphatic heterocycles. The van der Waals surface area contributed by atoms with E-state index >= 15 is 0 Å². The van der Waals surface area contributed by atoms with Gasteiger partial charge in [0, 0.05) is 31.3 Å². The minimum Gasteiger partial charge on any atom is -0.345 e. The average molecular weight is 291 g/mol. The number of hydrogen-bond donors (Lipinski definition) is 0. The second-order valence-corrected chi connectivity index (χ2v) is 7.62. The molecule has 3 nitrogen and oxygen atoms in total. The molecule has 0 aromatic rings. The van der Waals surface area contributed by atoms with E-state index in [0.717, 1.165) is 32.2 Å². The molecule has 0 radical (unpaired) electrons. The van der Waals surface area contributed by atoms with Gasteiger partial charge in [0.15, 0.2) is 0 Å². The van der Waals surface area contributed by atoms with Crippen molar-refractivity contribution in [3.05, 3.63) is 0 Å². The van der Waals surface area contributed by atoms with Gasteiger partial charge in [0.2, 0.25) is 5.91 Å². The molecular formula is C18H29NO2. The van der Waals surface area contributed by atoms with Crippen LogP contribution in [0.5, 0.6) is 0 Å². The minimum absolute atomic E-state index is 0.117. The summed E-state index contributed by atoms with van der Waals surface area (Å²) in [6.07, 6.45) is 11.5. The monoisotopic (exact) mass is 291 g/mol. The Hall–Kier alpha value is -0.860. The maximum atomic E-state index is 12.7. The van der Waals surface area contributed by atoms with Crippen LogP contribution in [0.2, 0.25) is 0 Å². The fraction of sp³-hybridized carbons (Fsp3) is 0.889. The average Bonchev–Trinajstić information content (AvgIpc) is 2.47. The molecule has 3 rings (SSSR count). The normalized spacial score (nSPS) is 33.8. The van der Waals surface area contributed by atoms with Gasteiger partial charge in [-0.3, -0.25) is 9.59 Å². The van der Waals surface area contributed by atoms with Gasteiger partial charge in [-0.25, -0.2) is 0 Å². The third-order valence-electron chi connectivity index (χ3n) is 6.03. The van der Waals surface area contributed by atoms with Crippen molar-refractivity contribution >= 4 is 11.7 Å². The van der Waals surface area contributed by atoms with Gasteiger partial charge in [-0.15, -0.1) is 0 Å². The number of ketones is 1. The molecule has 0 spiro atoms. The molecule has 21 heavy (non-hydrogen) atoms. The van der Waals surface area contributed by atoms with E-state index in [4.69, 9.17) is 0 Å². The van der Waals surface area contributed by atoms with Gasteiger partial charge in [-0.1, -0.05) is 25.7 Å². The highest BCUT2D eigenvalue weighted by atomic mass is 16.2. The number of nitrogens with zero attached hydrogens (tertiary/aromatic N) is 1. The second-order valence-electron chi connectivity index (χ2n) is 7.62. The fourth-order valence-electron chi connectivity index (χ4n) is 4.84. The van der Waals surface area contributed by atoms with Crippen molar-refractivity contribution < 1.29 is 9.59 Å². The Morgan fingerprint density at radius 1 is 1.00 bits per heavy atom. The first-order valence-corrected chi connectivity index (χ1v) is 8.94. The number of carbonyl (C=O) groups excluding carboxylic acids is 2. The lowest BCUT2D eigenvalue weighted by Gasteiger charge is -2.38. The lowest BCUT2D eigenvalue weighted by molar-refractivity contribution is -0.142. The maximum absolute atomic E-state index is 12.7. The number of hydrogen-bond acceptors (Lipinski definition) is 2. The Kier molecular flexibility index (Phi) is 4.66. The number of fused-ring (bicyclic) bond motifs is 2. The van der Waals surface area contributed by atoms with Gasteiger partial charge < -0.3 is 4.90 Å². The lowest BCUT2D eigenvalue weighted by Crippen LogP contribution is -2.44. The molecular weight excluding hydrogens is 262 g/mol. The summed E-state index contributed by atoms with van der Waals surface area (Å²) in [5, 5.41) is 0. The molecule has 3 saturated carbocycles. The molecule has 2 bridgehead atoms. The van der Waals surface area contributed by atoms with Gasteiger partial charge >= 0.3 is 0 Å². The van der Waals surface area contributed by atoms with Crippen molar-refractivity contribution in [1.29, 1.82) is 0 Å². The van der Waals surface area contributed by atoms with Crippen LogP contribution < -0.4 is 0 Å². The van der Waals surface area contributed by atoms with Crippen LogP contribution in [0, 0.1) is 23.7 Å². The van der Waals surface area contributed by atoms with Crippen LogP contribution in [-0.2, 0) is 9.59 Å². The number of Topliss-reactive ketones (excluding diaryl/α,β-unsaturated/α-hetero) is 1. The Bertz CT molecular complexity index is 384. The van der Waals surface area contributed by atoms with E-state index in [9.17, 15) is 9.59 Å². The number of rotatable bonds is 3. The fourth-order valence-corrected chi connectivity index (χ4v) is 4.84. The molecule has 3 heteroatoms. The molecule has 1 amide bonds. The zero-order chi connectivity index (χ0) is 14.8. The summed E-state index contributed by atoms with van der Waals surface area (Å²) < 4.78 is 0. The van der Waals surface area contributed by atoms with Gasteiger partial charge in [0.1, 0.15) is 5.78 Å². The summed E-state index contributed by atoms with van der Waals surface area (Å²) in [5.41, 5.74) is 0. The minimum atomic E-state index is 0.117. The third kappa shape index (κ3) is 3.32. The molecule has 0 saturated heterocycles. The van der Waals surface area contributed by atoms with Crippen molar-refractivity contribution in [3.63, 3.8) is 0 Å². The van der Waals surface area contributed by atoms with E-state index < -0.39 is 0 Å². The molecule has 0 aromatic heterocycles. The Morgan fingerprint density at radius 3 is 2.24 bits per heavy atom. The highest BCUT2D eigenvalue weighted by Crippen LogP contribution is 2.40. The first-order chi connectivity index (χ1) is 10.1. The summed E-state index contributed by atoms with van der Waals surface area (Å²) >= 11 is 0. The quantitative estimate of drug-likeness (QED) is 0.799. The predicted molar refractivity (Wildman–Crippen MR) is 82.8 cm³/mol. The molecule has 2 atom stereocenters. The summed E-state index contributed by atoms with van der Waals surface area (Å²) in [6.45, 7) is 0.929. The molecule has 2 unspecified atom stereocenters. The van der Waals surface area contributed by atoms with E-state index in [2.05, 4.69) is 0 Å². The maximum Gasteiger partial charge on any atom is 0.225 e. The van der Waals surface area contributed by atoms with Crippen LogP contribution in [0.3, 0.4) is 0 Å². The summed E-state index contributed by atoms with van der Waals surface area (Å²) in [5.74, 6) is 1.97. The van der Waals surface area contributed by atoms with E-state index in [-0.39, 0.29) is 17.8 Å². The van der Waals surface area contributed by atoms with Crippen molar-refractivity contribution in [2.24, 2.45) is 23.7 Å². The first-order valence-electron chi connectivity index (χ1n) is 8.94. The van der Waals surface area contributed by atoms with Gasteiger partial charge in [0.25, 0.3) is 0 Å². The largest absolute Gasteiger partial charge is 0.345 e. The SMILES string of the molecule is CN(CC1CCCCC1)C(=O)C1CC2CCCC(C1)C2=O. The molecule has 0 heterocycles. The first kappa shape index (κ1) is 15.1. The highest BCUT2D eigenvalue weighted by Gasteiger charge is 2.42. The van der Waals surface area contributed by atoms with Gasteiger partial charge in [-0.2, -0.15) is 0 Å². The number of amides is 1. The van der Waals surface area contributed by atoms with Crippen molar-refractivity contribution in [2.75, 3.05) is 13.6 Å². The van der Waals surface area contributed by atoms with E-state index in [1.54, 1.807) is 0 Å². The molecule has 3 fully saturated rings. The van der Waals surface area contributed by atoms with Crippen molar-refractivity contribution in [3.8, 4) is 0 Å². The second kappa shape index (κ2) is 6.50. The predicted octanol–water partition coefficient (Wildman–Crippen LogP) is 3.42. The Balaban J connectivity index is 1.55. The number of carbonyl (C=O) groups is 2. The highest BCUT2D eigenvalue weighted by molar-refractivity contribution is 5.88. The van der Waals surface area contributed by atoms with E-state index in [1.807, 2.05) is 11.9 Å². The van der Waals surface area contributed by atoms with E-state index in [1.165, 1.54) is 38.5 Å². The van der Waals surface area contributed by atoms with Crippen LogP contribution in [0.25, 0.3) is 0 Å². The molecule has 3 aliphatic rings. The molecule has 118 valence electrons. The Labute approximate surface area is 128 Å². The zero-order valence-electron chi connectivity index (χ0n) is 13.4. The standard InChI is InChI=1S/C18H29NO2/c1-19(12-13-6-3-2-4-7-13)18(21)16-10-14-8-5-9-15(11-16)17(14)20/h13-16H,2-12H2,1H3.